The lowest BCUT2D eigenvalue weighted by molar-refractivity contribution is 0.185. The highest BCUT2D eigenvalue weighted by molar-refractivity contribution is 7.89. The summed E-state index contributed by atoms with van der Waals surface area (Å²) in [5, 5.41) is 12.4. The number of thiazole rings is 1. The highest BCUT2D eigenvalue weighted by atomic mass is 32.2. The topological polar surface area (TPSA) is 126 Å². The minimum absolute atomic E-state index is 0.00597. The van der Waals surface area contributed by atoms with Gasteiger partial charge in [0.2, 0.25) is 10.0 Å². The standard InChI is InChI=1S/C19H24N4O4S2/c20-13-4-7-15(17(10-13)29(26,27)23-8-1-9-23)16-11-21-18(28-16)12-2-5-14(6-3-12)22-19(24)25/h4,7,10-12,14,22H,1-3,5-6,8-9,20H2,(H,24,25). The zero-order valence-corrected chi connectivity index (χ0v) is 17.5. The molecule has 0 atom stereocenters. The van der Waals surface area contributed by atoms with E-state index < -0.39 is 16.1 Å². The maximum absolute atomic E-state index is 13.0. The quantitative estimate of drug-likeness (QED) is 0.619. The summed E-state index contributed by atoms with van der Waals surface area (Å²) in [6, 6.07) is 5.00. The summed E-state index contributed by atoms with van der Waals surface area (Å²) in [5.41, 5.74) is 6.94. The van der Waals surface area contributed by atoms with Crippen LogP contribution in [0.4, 0.5) is 10.5 Å². The van der Waals surface area contributed by atoms with Gasteiger partial charge in [-0.1, -0.05) is 6.07 Å². The maximum atomic E-state index is 13.0. The third-order valence-electron chi connectivity index (χ3n) is 5.63. The summed E-state index contributed by atoms with van der Waals surface area (Å²) >= 11 is 1.51. The molecule has 2 aromatic rings. The SMILES string of the molecule is Nc1ccc(-c2cnc(C3CCC(NC(=O)O)CC3)s2)c(S(=O)(=O)N2CCC2)c1. The fraction of sp³-hybridized carbons (Fsp3) is 0.474. The first-order chi connectivity index (χ1) is 13.8. The molecule has 1 saturated carbocycles. The molecule has 2 aliphatic rings. The van der Waals surface area contributed by atoms with Gasteiger partial charge in [0.05, 0.1) is 14.8 Å². The van der Waals surface area contributed by atoms with Crippen LogP contribution in [-0.2, 0) is 10.0 Å². The normalized spacial score (nSPS) is 22.8. The van der Waals surface area contributed by atoms with E-state index in [-0.39, 0.29) is 16.9 Å². The van der Waals surface area contributed by atoms with E-state index in [1.807, 2.05) is 0 Å². The highest BCUT2D eigenvalue weighted by Crippen LogP contribution is 2.40. The number of nitrogens with one attached hydrogen (secondary N) is 1. The van der Waals surface area contributed by atoms with E-state index in [0.29, 0.717) is 24.3 Å². The Morgan fingerprint density at radius 3 is 2.59 bits per heavy atom. The van der Waals surface area contributed by atoms with Crippen molar-refractivity contribution >= 4 is 33.1 Å². The molecule has 156 valence electrons. The Kier molecular flexibility index (Phi) is 5.50. The molecule has 8 nitrogen and oxygen atoms in total. The van der Waals surface area contributed by atoms with Gasteiger partial charge in [-0.15, -0.1) is 11.3 Å². The molecule has 2 fully saturated rings. The lowest BCUT2D eigenvalue weighted by Crippen LogP contribution is -2.42. The Bertz CT molecular complexity index is 1010. The van der Waals surface area contributed by atoms with Gasteiger partial charge in [-0.3, -0.25) is 0 Å². The van der Waals surface area contributed by atoms with Crippen molar-refractivity contribution in [3.8, 4) is 10.4 Å². The van der Waals surface area contributed by atoms with Gasteiger partial charge in [0, 0.05) is 42.5 Å². The number of nitrogens with two attached hydrogens (primary N) is 1. The molecule has 1 amide bonds. The Morgan fingerprint density at radius 2 is 1.97 bits per heavy atom. The molecule has 4 N–H and O–H groups in total. The van der Waals surface area contributed by atoms with Crippen LogP contribution in [0.15, 0.2) is 29.3 Å². The van der Waals surface area contributed by atoms with E-state index in [1.165, 1.54) is 21.7 Å². The molecule has 0 spiro atoms. The van der Waals surface area contributed by atoms with E-state index in [2.05, 4.69) is 10.3 Å². The number of aromatic nitrogens is 1. The zero-order valence-electron chi connectivity index (χ0n) is 15.9. The van der Waals surface area contributed by atoms with Crippen molar-refractivity contribution in [2.45, 2.75) is 49.0 Å². The minimum atomic E-state index is -3.57. The van der Waals surface area contributed by atoms with Gasteiger partial charge in [0.15, 0.2) is 0 Å². The fourth-order valence-electron chi connectivity index (χ4n) is 3.88. The summed E-state index contributed by atoms with van der Waals surface area (Å²) in [6.45, 7) is 1.08. The molecule has 0 bridgehead atoms. The van der Waals surface area contributed by atoms with E-state index >= 15 is 0 Å². The second-order valence-electron chi connectivity index (χ2n) is 7.57. The molecule has 10 heteroatoms. The summed E-state index contributed by atoms with van der Waals surface area (Å²) in [6.07, 6.45) is 4.91. The third kappa shape index (κ3) is 4.10. The summed E-state index contributed by atoms with van der Waals surface area (Å²) in [7, 11) is -3.57. The number of hydrogen-bond donors (Lipinski definition) is 3. The van der Waals surface area contributed by atoms with Crippen molar-refractivity contribution in [2.24, 2.45) is 0 Å². The lowest BCUT2D eigenvalue weighted by atomic mass is 9.86. The first-order valence-corrected chi connectivity index (χ1v) is 12.0. The van der Waals surface area contributed by atoms with Gasteiger partial charge in [-0.05, 0) is 44.2 Å². The van der Waals surface area contributed by atoms with Crippen LogP contribution in [0.5, 0.6) is 0 Å². The minimum Gasteiger partial charge on any atom is -0.465 e. The molecule has 1 aliphatic heterocycles. The molecule has 1 aliphatic carbocycles. The molecule has 2 heterocycles. The molecule has 4 rings (SSSR count). The second kappa shape index (κ2) is 7.92. The molecular weight excluding hydrogens is 412 g/mol. The lowest BCUT2D eigenvalue weighted by Gasteiger charge is -2.30. The third-order valence-corrected chi connectivity index (χ3v) is 8.76. The number of sulfonamides is 1. The Balaban J connectivity index is 1.57. The van der Waals surface area contributed by atoms with Crippen LogP contribution in [-0.4, -0.2) is 48.0 Å². The van der Waals surface area contributed by atoms with Gasteiger partial charge in [0.1, 0.15) is 0 Å². The maximum Gasteiger partial charge on any atom is 0.404 e. The van der Waals surface area contributed by atoms with Crippen LogP contribution in [0.3, 0.4) is 0 Å². The van der Waals surface area contributed by atoms with E-state index in [0.717, 1.165) is 42.0 Å². The molecule has 29 heavy (non-hydrogen) atoms. The number of hydrogen-bond acceptors (Lipinski definition) is 6. The number of anilines is 1. The van der Waals surface area contributed by atoms with Crippen molar-refractivity contribution < 1.29 is 18.3 Å². The van der Waals surface area contributed by atoms with Crippen molar-refractivity contribution in [3.05, 3.63) is 29.4 Å². The summed E-state index contributed by atoms with van der Waals surface area (Å²) in [4.78, 5) is 16.4. The van der Waals surface area contributed by atoms with Gasteiger partial charge >= 0.3 is 6.09 Å². The predicted octanol–water partition coefficient (Wildman–Crippen LogP) is 3.08. The molecule has 0 radical (unpaired) electrons. The van der Waals surface area contributed by atoms with E-state index in [9.17, 15) is 13.2 Å². The van der Waals surface area contributed by atoms with Crippen LogP contribution < -0.4 is 11.1 Å². The molecule has 0 unspecified atom stereocenters. The smallest absolute Gasteiger partial charge is 0.404 e. The summed E-state index contributed by atoms with van der Waals surface area (Å²) in [5.74, 6) is 0.268. The van der Waals surface area contributed by atoms with Crippen LogP contribution in [0, 0.1) is 0 Å². The van der Waals surface area contributed by atoms with Crippen LogP contribution >= 0.6 is 11.3 Å². The second-order valence-corrected chi connectivity index (χ2v) is 10.5. The Labute approximate surface area is 173 Å². The first kappa shape index (κ1) is 20.1. The van der Waals surface area contributed by atoms with Gasteiger partial charge in [-0.25, -0.2) is 18.2 Å². The number of nitrogen functional groups attached to an aromatic ring is 1. The van der Waals surface area contributed by atoms with Gasteiger partial charge < -0.3 is 16.2 Å². The van der Waals surface area contributed by atoms with Crippen molar-refractivity contribution in [1.82, 2.24) is 14.6 Å². The predicted molar refractivity (Wildman–Crippen MR) is 111 cm³/mol. The highest BCUT2D eigenvalue weighted by Gasteiger charge is 2.32. The van der Waals surface area contributed by atoms with Crippen molar-refractivity contribution in [2.75, 3.05) is 18.8 Å². The number of carboxylic acid groups (broad SMARTS) is 1. The number of carbonyl (C=O) groups is 1. The molecular formula is C19H24N4O4S2. The number of amides is 1. The van der Waals surface area contributed by atoms with Crippen LogP contribution in [0.25, 0.3) is 10.4 Å². The Morgan fingerprint density at radius 1 is 1.24 bits per heavy atom. The number of benzene rings is 1. The largest absolute Gasteiger partial charge is 0.465 e. The fourth-order valence-corrected chi connectivity index (χ4v) is 6.83. The summed E-state index contributed by atoms with van der Waals surface area (Å²) < 4.78 is 27.5. The monoisotopic (exact) mass is 436 g/mol. The molecule has 1 aromatic heterocycles. The van der Waals surface area contributed by atoms with Gasteiger partial charge in [-0.2, -0.15) is 4.31 Å². The van der Waals surface area contributed by atoms with Crippen LogP contribution in [0.2, 0.25) is 0 Å². The van der Waals surface area contributed by atoms with Crippen LogP contribution in [0.1, 0.15) is 43.0 Å². The molecule has 1 aromatic carbocycles. The average molecular weight is 437 g/mol. The zero-order chi connectivity index (χ0) is 20.6. The molecule has 1 saturated heterocycles. The van der Waals surface area contributed by atoms with Crippen molar-refractivity contribution in [1.29, 1.82) is 0 Å². The van der Waals surface area contributed by atoms with E-state index in [4.69, 9.17) is 10.8 Å². The number of nitrogens with zero attached hydrogens (tertiary/aromatic N) is 2. The Hall–Kier alpha value is -2.17. The average Bonchev–Trinajstić information content (AvgIpc) is 3.10. The van der Waals surface area contributed by atoms with Crippen molar-refractivity contribution in [3.63, 3.8) is 0 Å². The number of rotatable bonds is 5. The van der Waals surface area contributed by atoms with Gasteiger partial charge in [0.25, 0.3) is 0 Å². The van der Waals surface area contributed by atoms with E-state index in [1.54, 1.807) is 18.3 Å². The first-order valence-electron chi connectivity index (χ1n) is 9.70.